The maximum absolute atomic E-state index is 10.2. The molecule has 0 saturated carbocycles. The van der Waals surface area contributed by atoms with Crippen molar-refractivity contribution in [3.8, 4) is 11.5 Å². The lowest BCUT2D eigenvalue weighted by Gasteiger charge is -2.01. The fraction of sp³-hybridized carbons (Fsp3) is 0.385. The van der Waals surface area contributed by atoms with Gasteiger partial charge in [0, 0.05) is 12.0 Å². The van der Waals surface area contributed by atoms with Gasteiger partial charge in [-0.05, 0) is 24.1 Å². The lowest BCUT2D eigenvalue weighted by Crippen LogP contribution is -1.99. The Bertz CT molecular complexity index is 398. The van der Waals surface area contributed by atoms with E-state index in [4.69, 9.17) is 14.9 Å². The second kappa shape index (κ2) is 8.11. The summed E-state index contributed by atoms with van der Waals surface area (Å²) < 4.78 is 4.78. The van der Waals surface area contributed by atoms with Crippen molar-refractivity contribution in [3.05, 3.63) is 23.8 Å². The number of carboxylic acid groups (broad SMARTS) is 1. The van der Waals surface area contributed by atoms with Crippen molar-refractivity contribution in [1.29, 1.82) is 0 Å². The predicted octanol–water partition coefficient (Wildman–Crippen LogP) is 2.33. The van der Waals surface area contributed by atoms with Gasteiger partial charge < -0.3 is 14.9 Å². The van der Waals surface area contributed by atoms with Crippen molar-refractivity contribution >= 4 is 12.3 Å². The summed E-state index contributed by atoms with van der Waals surface area (Å²) >= 11 is 0. The number of carbonyl (C=O) groups is 2. The van der Waals surface area contributed by atoms with Gasteiger partial charge in [-0.1, -0.05) is 13.8 Å². The molecule has 0 saturated heterocycles. The average molecular weight is 254 g/mol. The molecule has 0 amide bonds. The van der Waals surface area contributed by atoms with E-state index in [9.17, 15) is 9.59 Å². The molecule has 5 heteroatoms. The molecule has 0 radical (unpaired) electrons. The van der Waals surface area contributed by atoms with Crippen LogP contribution in [0.5, 0.6) is 11.5 Å². The Kier molecular flexibility index (Phi) is 7.19. The van der Waals surface area contributed by atoms with Gasteiger partial charge in [0.05, 0.1) is 7.11 Å². The molecule has 18 heavy (non-hydrogen) atoms. The predicted molar refractivity (Wildman–Crippen MR) is 67.1 cm³/mol. The Morgan fingerprint density at radius 2 is 2.06 bits per heavy atom. The van der Waals surface area contributed by atoms with Crippen molar-refractivity contribution in [2.24, 2.45) is 5.92 Å². The molecule has 1 aromatic carbocycles. The number of rotatable bonds is 4. The maximum atomic E-state index is 10.2. The van der Waals surface area contributed by atoms with Gasteiger partial charge in [0.25, 0.3) is 0 Å². The minimum absolute atomic E-state index is 0.0399. The number of hydrogen-bond donors (Lipinski definition) is 2. The van der Waals surface area contributed by atoms with Crippen LogP contribution in [-0.4, -0.2) is 29.6 Å². The fourth-order valence-corrected chi connectivity index (χ4v) is 1.12. The van der Waals surface area contributed by atoms with Crippen molar-refractivity contribution in [2.75, 3.05) is 7.11 Å². The van der Waals surface area contributed by atoms with E-state index in [0.717, 1.165) is 0 Å². The largest absolute Gasteiger partial charge is 0.504 e. The van der Waals surface area contributed by atoms with E-state index in [-0.39, 0.29) is 18.1 Å². The van der Waals surface area contributed by atoms with Gasteiger partial charge in [0.2, 0.25) is 0 Å². The summed E-state index contributed by atoms with van der Waals surface area (Å²) in [7, 11) is 1.43. The molecule has 0 unspecified atom stereocenters. The minimum Gasteiger partial charge on any atom is -0.504 e. The first-order chi connectivity index (χ1) is 8.40. The quantitative estimate of drug-likeness (QED) is 0.805. The summed E-state index contributed by atoms with van der Waals surface area (Å²) in [6.45, 7) is 3.77. The number of phenols is 1. The summed E-state index contributed by atoms with van der Waals surface area (Å²) in [5.41, 5.74) is 0.486. The zero-order valence-electron chi connectivity index (χ0n) is 10.7. The number of aromatic hydroxyl groups is 1. The monoisotopic (exact) mass is 254 g/mol. The summed E-state index contributed by atoms with van der Waals surface area (Å²) in [6.07, 6.45) is 0.974. The molecule has 100 valence electrons. The molecule has 1 aromatic rings. The zero-order valence-corrected chi connectivity index (χ0v) is 10.7. The van der Waals surface area contributed by atoms with Gasteiger partial charge in [-0.15, -0.1) is 0 Å². The summed E-state index contributed by atoms with van der Waals surface area (Å²) in [5.74, 6) is -0.0831. The standard InChI is InChI=1S/C8H8O3.C5H10O2/c1-11-8-4-6(5-9)2-3-7(8)10;1-4(2)3-5(6)7/h2-5,10H,1H3;4H,3H2,1-2H3,(H,6,7). The first-order valence-corrected chi connectivity index (χ1v) is 5.44. The van der Waals surface area contributed by atoms with Crippen molar-refractivity contribution < 1.29 is 24.5 Å². The minimum atomic E-state index is -0.713. The Labute approximate surface area is 106 Å². The van der Waals surface area contributed by atoms with Crippen LogP contribution >= 0.6 is 0 Å². The highest BCUT2D eigenvalue weighted by molar-refractivity contribution is 5.76. The molecule has 0 aliphatic rings. The molecule has 5 nitrogen and oxygen atoms in total. The van der Waals surface area contributed by atoms with E-state index in [1.54, 1.807) is 0 Å². The highest BCUT2D eigenvalue weighted by Crippen LogP contribution is 2.25. The van der Waals surface area contributed by atoms with Gasteiger partial charge in [-0.2, -0.15) is 0 Å². The van der Waals surface area contributed by atoms with E-state index in [2.05, 4.69) is 0 Å². The third kappa shape index (κ3) is 6.52. The molecule has 0 aliphatic carbocycles. The topological polar surface area (TPSA) is 83.8 Å². The van der Waals surface area contributed by atoms with Crippen LogP contribution in [0.3, 0.4) is 0 Å². The molecule has 0 heterocycles. The van der Waals surface area contributed by atoms with Crippen LogP contribution in [0.15, 0.2) is 18.2 Å². The number of hydrogen-bond acceptors (Lipinski definition) is 4. The number of phenolic OH excluding ortho intramolecular Hbond substituents is 1. The summed E-state index contributed by atoms with van der Waals surface area (Å²) in [6, 6.07) is 4.41. The van der Waals surface area contributed by atoms with Crippen LogP contribution in [0.4, 0.5) is 0 Å². The second-order valence-corrected chi connectivity index (χ2v) is 4.04. The van der Waals surface area contributed by atoms with Crippen LogP contribution in [0.1, 0.15) is 30.6 Å². The van der Waals surface area contributed by atoms with Gasteiger partial charge >= 0.3 is 5.97 Å². The van der Waals surface area contributed by atoms with Crippen LogP contribution in [0, 0.1) is 5.92 Å². The average Bonchev–Trinajstić information content (AvgIpc) is 2.28. The first kappa shape index (κ1) is 16.0. The van der Waals surface area contributed by atoms with E-state index < -0.39 is 5.97 Å². The van der Waals surface area contributed by atoms with Crippen molar-refractivity contribution in [1.82, 2.24) is 0 Å². The smallest absolute Gasteiger partial charge is 0.303 e. The van der Waals surface area contributed by atoms with Crippen molar-refractivity contribution in [3.63, 3.8) is 0 Å². The Balaban J connectivity index is 0.000000360. The molecule has 0 aromatic heterocycles. The Morgan fingerprint density at radius 3 is 2.39 bits per heavy atom. The van der Waals surface area contributed by atoms with Crippen LogP contribution in [0.25, 0.3) is 0 Å². The highest BCUT2D eigenvalue weighted by atomic mass is 16.5. The zero-order chi connectivity index (χ0) is 14.1. The number of aldehydes is 1. The van der Waals surface area contributed by atoms with E-state index in [1.807, 2.05) is 13.8 Å². The molecule has 0 spiro atoms. The first-order valence-electron chi connectivity index (χ1n) is 5.44. The highest BCUT2D eigenvalue weighted by Gasteiger charge is 2.00. The van der Waals surface area contributed by atoms with Gasteiger partial charge in [0.1, 0.15) is 6.29 Å². The van der Waals surface area contributed by atoms with Gasteiger partial charge in [-0.25, -0.2) is 0 Å². The van der Waals surface area contributed by atoms with Crippen LogP contribution in [-0.2, 0) is 4.79 Å². The Morgan fingerprint density at radius 1 is 1.44 bits per heavy atom. The molecule has 1 rings (SSSR count). The number of aliphatic carboxylic acids is 1. The lowest BCUT2D eigenvalue weighted by atomic mass is 10.1. The Hall–Kier alpha value is -2.04. The van der Waals surface area contributed by atoms with Crippen LogP contribution < -0.4 is 4.74 Å². The van der Waals surface area contributed by atoms with E-state index in [0.29, 0.717) is 17.6 Å². The molecule has 0 fully saturated rings. The molecule has 2 N–H and O–H groups in total. The lowest BCUT2D eigenvalue weighted by molar-refractivity contribution is -0.137. The van der Waals surface area contributed by atoms with Crippen LogP contribution in [0.2, 0.25) is 0 Å². The normalized spacial score (nSPS) is 9.33. The number of methoxy groups -OCH3 is 1. The molecule has 0 aliphatic heterocycles. The SMILES string of the molecule is CC(C)CC(=O)O.COc1cc(C=O)ccc1O. The van der Waals surface area contributed by atoms with E-state index >= 15 is 0 Å². The van der Waals surface area contributed by atoms with E-state index in [1.165, 1.54) is 25.3 Å². The molecular formula is C13H18O5. The number of carbonyl (C=O) groups excluding carboxylic acids is 1. The number of benzene rings is 1. The fourth-order valence-electron chi connectivity index (χ4n) is 1.12. The molecule has 0 bridgehead atoms. The van der Waals surface area contributed by atoms with Crippen molar-refractivity contribution in [2.45, 2.75) is 20.3 Å². The maximum Gasteiger partial charge on any atom is 0.303 e. The van der Waals surface area contributed by atoms with Gasteiger partial charge in [-0.3, -0.25) is 9.59 Å². The summed E-state index contributed by atoms with van der Waals surface area (Å²) in [5, 5.41) is 17.2. The molecule has 0 atom stereocenters. The molecular weight excluding hydrogens is 236 g/mol. The third-order valence-electron chi connectivity index (χ3n) is 1.92. The number of carboxylic acids is 1. The summed E-state index contributed by atoms with van der Waals surface area (Å²) in [4.78, 5) is 20.1. The second-order valence-electron chi connectivity index (χ2n) is 4.04. The van der Waals surface area contributed by atoms with Gasteiger partial charge in [0.15, 0.2) is 11.5 Å². The number of ether oxygens (including phenoxy) is 1. The third-order valence-corrected chi connectivity index (χ3v) is 1.92.